The molecule has 0 unspecified atom stereocenters. The van der Waals surface area contributed by atoms with Crippen molar-refractivity contribution in [1.29, 1.82) is 0 Å². The second-order valence-corrected chi connectivity index (χ2v) is 54.8. The summed E-state index contributed by atoms with van der Waals surface area (Å²) in [4.78, 5) is 76.9. The third kappa shape index (κ3) is 44.1. The summed E-state index contributed by atoms with van der Waals surface area (Å²) in [7, 11) is 0. The highest BCUT2D eigenvalue weighted by Gasteiger charge is 2.58. The molecule has 0 saturated heterocycles. The maximum Gasteiger partial charge on any atom is 0.141 e. The minimum Gasteiger partial charge on any atom is -0.299 e. The summed E-state index contributed by atoms with van der Waals surface area (Å²) in [5, 5.41) is 0. The van der Waals surface area contributed by atoms with E-state index in [0.717, 1.165) is 88.9 Å². The van der Waals surface area contributed by atoms with E-state index in [1.54, 1.807) is 0 Å². The second-order valence-electron chi connectivity index (χ2n) is 54.8. The molecule has 2 bridgehead atoms. The smallest absolute Gasteiger partial charge is 0.141 e. The molecule has 8 rings (SSSR count). The Balaban J connectivity index is 0.000000750. The zero-order chi connectivity index (χ0) is 96.6. The Kier molecular flexibility index (Phi) is 43.7. The van der Waals surface area contributed by atoms with Crippen molar-refractivity contribution in [1.82, 2.24) is 0 Å². The highest BCUT2D eigenvalue weighted by molar-refractivity contribution is 5.89. The van der Waals surface area contributed by atoms with Crippen LogP contribution < -0.4 is 0 Å². The summed E-state index contributed by atoms with van der Waals surface area (Å²) in [6.45, 7) is 98.9. The first-order valence-corrected chi connectivity index (χ1v) is 49.0. The van der Waals surface area contributed by atoms with Gasteiger partial charge in [0.1, 0.15) is 34.7 Å². The van der Waals surface area contributed by atoms with E-state index in [9.17, 15) is 28.8 Å². The van der Waals surface area contributed by atoms with Crippen molar-refractivity contribution in [3.63, 3.8) is 0 Å². The highest BCUT2D eigenvalue weighted by atomic mass is 16.1. The average Bonchev–Trinajstić information content (AvgIpc) is 0.718. The van der Waals surface area contributed by atoms with Gasteiger partial charge in [-0.15, -0.1) is 0 Å². The molecular formula is C119H202O6. The number of ketones is 6. The summed E-state index contributed by atoms with van der Waals surface area (Å²) < 4.78 is 0. The van der Waals surface area contributed by atoms with Gasteiger partial charge in [0.15, 0.2) is 0 Å². The molecule has 0 aromatic heterocycles. The van der Waals surface area contributed by atoms with Gasteiger partial charge in [-0.3, -0.25) is 28.8 Å². The molecule has 0 aliphatic heterocycles. The first kappa shape index (κ1) is 118. The molecule has 714 valence electrons. The molecule has 4 fully saturated rings. The van der Waals surface area contributed by atoms with Crippen LogP contribution in [-0.4, -0.2) is 34.7 Å². The van der Waals surface area contributed by atoms with Crippen molar-refractivity contribution >= 4 is 34.7 Å². The van der Waals surface area contributed by atoms with Crippen LogP contribution in [0.5, 0.6) is 0 Å². The van der Waals surface area contributed by atoms with Gasteiger partial charge in [0.2, 0.25) is 0 Å². The molecule has 0 spiro atoms. The van der Waals surface area contributed by atoms with Crippen LogP contribution in [0.4, 0.5) is 0 Å². The van der Waals surface area contributed by atoms with Gasteiger partial charge >= 0.3 is 0 Å². The van der Waals surface area contributed by atoms with Gasteiger partial charge in [-0.05, 0) is 256 Å². The summed E-state index contributed by atoms with van der Waals surface area (Å²) in [5.41, 5.74) is 16.2. The van der Waals surface area contributed by atoms with Crippen molar-refractivity contribution in [2.24, 2.45) is 118 Å². The number of aryl methyl sites for hydroxylation is 6. The van der Waals surface area contributed by atoms with E-state index in [-0.39, 0.29) is 113 Å². The minimum absolute atomic E-state index is 0. The van der Waals surface area contributed by atoms with E-state index >= 15 is 0 Å². The minimum atomic E-state index is -0.277. The Morgan fingerprint density at radius 1 is 0.320 bits per heavy atom. The van der Waals surface area contributed by atoms with Crippen LogP contribution in [0.2, 0.25) is 0 Å². The normalized spacial score (nSPS) is 17.7. The van der Waals surface area contributed by atoms with Crippen LogP contribution >= 0.6 is 0 Å². The number of carbonyl (C=O) groups excluding carboxylic acids is 6. The number of Topliss-reactive ketones (excluding diaryl/α,β-unsaturated/α-hetero) is 6. The van der Waals surface area contributed by atoms with Crippen LogP contribution in [0.1, 0.15) is 447 Å². The second kappa shape index (κ2) is 46.3. The summed E-state index contributed by atoms with van der Waals surface area (Å²) >= 11 is 0. The van der Waals surface area contributed by atoms with Crippen molar-refractivity contribution in [3.05, 3.63) is 140 Å². The number of hydrogen-bond donors (Lipinski definition) is 0. The first-order chi connectivity index (χ1) is 55.4. The molecule has 4 aliphatic rings. The quantitative estimate of drug-likeness (QED) is 0.0692. The van der Waals surface area contributed by atoms with Crippen molar-refractivity contribution in [2.75, 3.05) is 0 Å². The molecule has 125 heavy (non-hydrogen) atoms. The van der Waals surface area contributed by atoms with E-state index in [4.69, 9.17) is 0 Å². The van der Waals surface area contributed by atoms with Crippen molar-refractivity contribution in [2.45, 2.75) is 460 Å². The molecule has 4 aromatic carbocycles. The Labute approximate surface area is 775 Å². The van der Waals surface area contributed by atoms with E-state index in [0.29, 0.717) is 40.1 Å². The maximum atomic E-state index is 12.9. The van der Waals surface area contributed by atoms with Crippen LogP contribution in [-0.2, 0) is 59.9 Å². The number of carbonyl (C=O) groups is 6. The number of rotatable bonds is 24. The fraction of sp³-hybridized carbons (Fsp3) is 0.748. The van der Waals surface area contributed by atoms with E-state index < -0.39 is 0 Å². The third-order valence-electron chi connectivity index (χ3n) is 25.7. The number of benzene rings is 4. The summed E-state index contributed by atoms with van der Waals surface area (Å²) in [6.07, 6.45) is 22.6. The average molecular weight is 1730 g/mol. The zero-order valence-electron chi connectivity index (χ0n) is 90.1. The predicted octanol–water partition coefficient (Wildman–Crippen LogP) is 34.1. The molecule has 0 N–H and O–H groups in total. The highest BCUT2D eigenvalue weighted by Crippen LogP contribution is 2.68. The van der Waals surface area contributed by atoms with Gasteiger partial charge in [-0.1, -0.05) is 393 Å². The monoisotopic (exact) mass is 1730 g/mol. The molecular weight excluding hydrogens is 1530 g/mol. The Morgan fingerprint density at radius 2 is 0.632 bits per heavy atom. The van der Waals surface area contributed by atoms with Crippen LogP contribution in [0.3, 0.4) is 0 Å². The summed E-state index contributed by atoms with van der Waals surface area (Å²) in [6, 6.07) is 26.3. The van der Waals surface area contributed by atoms with Gasteiger partial charge in [-0.25, -0.2) is 0 Å². The van der Waals surface area contributed by atoms with Gasteiger partial charge in [-0.2, -0.15) is 0 Å². The fourth-order valence-electron chi connectivity index (χ4n) is 19.8. The lowest BCUT2D eigenvalue weighted by Crippen LogP contribution is -2.53. The standard InChI is InChI=1S/C22H36O.C21H34O.2C20H32O.C18H34O.C17H30O.CH4/c1-20(2,3)15-17(19(23)22(7,8)9)14-16-10-12-18(13-11-16)21(4,5)6;1-14-10-15(2)18(16(3)11-14)12-17(13-20(4,5)6)19(22)21(7,8)9;1-14-9-10-16(15(2)11-14)12-17(13-19(3,4)5)18(21)20(6,7)8;1-14-10-9-11-16(15(14)2)12-17(13-19(3,4)5)18(21)20(6,7)8;1-17(2,3)13-15(16(19)18(4,5)6)12-14-10-8-7-9-11-14;1-15(2,3)10-13(14(18)16(4,5)6)11-17-7-12(8-17)9-17;/h10-13,17H,14-15H2,1-9H3;10-11,17H,12-13H2,1-9H3;2*9-11,17H,12-13H2,1-8H3;14-15H,7-13H2,1-6H3;12-13H,7-11H2,1-6H3;1H4/t4*17-;15-;12?,13-,17?;/m111110./s1. The molecule has 6 atom stereocenters. The molecule has 6 heteroatoms. The van der Waals surface area contributed by atoms with Gasteiger partial charge < -0.3 is 0 Å². The van der Waals surface area contributed by atoms with Gasteiger partial charge in [0.05, 0.1) is 0 Å². The topological polar surface area (TPSA) is 102 Å². The predicted molar refractivity (Wildman–Crippen MR) is 547 cm³/mol. The van der Waals surface area contributed by atoms with Crippen molar-refractivity contribution in [3.8, 4) is 0 Å². The van der Waals surface area contributed by atoms with E-state index in [2.05, 4.69) is 308 Å². The fourth-order valence-corrected chi connectivity index (χ4v) is 19.8. The molecule has 0 radical (unpaired) electrons. The van der Waals surface area contributed by atoms with Crippen molar-refractivity contribution < 1.29 is 28.8 Å². The molecule has 0 heterocycles. The van der Waals surface area contributed by atoms with Crippen LogP contribution in [0.25, 0.3) is 0 Å². The lowest BCUT2D eigenvalue weighted by atomic mass is 9.42. The van der Waals surface area contributed by atoms with Crippen LogP contribution in [0, 0.1) is 166 Å². The van der Waals surface area contributed by atoms with E-state index in [1.807, 2.05) is 83.1 Å². The molecule has 4 aliphatic carbocycles. The molecule has 4 aromatic rings. The third-order valence-corrected chi connectivity index (χ3v) is 25.7. The molecule has 0 amide bonds. The van der Waals surface area contributed by atoms with Gasteiger partial charge in [0.25, 0.3) is 0 Å². The SMILES string of the molecule is C.CC(C)(C)C[C@@H](CC12CC(C1)C2)C(=O)C(C)(C)C.CC(C)(C)C[C@@H](CC1CCCCC1)C(=O)C(C)(C)C.CC(C)(C)C[C@@H](Cc1ccc(C(C)(C)C)cc1)C(=O)C(C)(C)C.Cc1cc(C)c(C[C@H](CC(C)(C)C)C(=O)C(C)(C)C)c(C)c1.Cc1ccc(C[C@H](CC(C)(C)C)C(=O)C(C)(C)C)c(C)c1.Cc1cccc(C[C@H](CC(C)(C)C)C(=O)C(C)(C)C)c1C. The number of hydrogen-bond acceptors (Lipinski definition) is 6. The lowest BCUT2D eigenvalue weighted by molar-refractivity contribution is -0.147. The zero-order valence-corrected chi connectivity index (χ0v) is 90.1. The first-order valence-electron chi connectivity index (χ1n) is 49.0. The maximum absolute atomic E-state index is 12.9. The Bertz CT molecular complexity index is 3980. The Morgan fingerprint density at radius 3 is 0.960 bits per heavy atom. The largest absolute Gasteiger partial charge is 0.299 e. The van der Waals surface area contributed by atoms with Crippen LogP contribution in [0.15, 0.2) is 72.8 Å². The summed E-state index contributed by atoms with van der Waals surface area (Å²) in [5.74, 6) is 5.28. The van der Waals surface area contributed by atoms with Gasteiger partial charge in [0, 0.05) is 68.0 Å². The molecule has 4 saturated carbocycles. The van der Waals surface area contributed by atoms with E-state index in [1.165, 1.54) is 118 Å². The molecule has 6 nitrogen and oxygen atoms in total. The lowest BCUT2D eigenvalue weighted by Gasteiger charge is -2.63. The Hall–Kier alpha value is -5.10.